The summed E-state index contributed by atoms with van der Waals surface area (Å²) in [5, 5.41) is 10.5. The summed E-state index contributed by atoms with van der Waals surface area (Å²) in [6.45, 7) is 4.09. The molecule has 0 saturated heterocycles. The third-order valence-corrected chi connectivity index (χ3v) is 7.34. The van der Waals surface area contributed by atoms with E-state index in [1.165, 1.54) is 11.1 Å². The fourth-order valence-corrected chi connectivity index (χ4v) is 6.04. The molecule has 0 radical (unpaired) electrons. The second kappa shape index (κ2) is 5.88. The molecule has 1 aromatic rings. The maximum atomic E-state index is 11.8. The third-order valence-electron chi connectivity index (χ3n) is 7.34. The zero-order chi connectivity index (χ0) is 17.8. The highest BCUT2D eigenvalue weighted by molar-refractivity contribution is 5.96. The van der Waals surface area contributed by atoms with Crippen LogP contribution in [0, 0.1) is 29.1 Å². The van der Waals surface area contributed by atoms with Crippen LogP contribution in [0.25, 0.3) is 0 Å². The van der Waals surface area contributed by atoms with Gasteiger partial charge in [0.25, 0.3) is 0 Å². The van der Waals surface area contributed by atoms with Crippen LogP contribution in [-0.2, 0) is 6.42 Å². The van der Waals surface area contributed by atoms with Gasteiger partial charge in [-0.1, -0.05) is 12.8 Å². The first kappa shape index (κ1) is 16.7. The van der Waals surface area contributed by atoms with Crippen molar-refractivity contribution < 1.29 is 9.90 Å². The Morgan fingerprint density at radius 1 is 1.28 bits per heavy atom. The number of carbonyl (C=O) groups excluding carboxylic acids is 1. The largest absolute Gasteiger partial charge is 0.393 e. The van der Waals surface area contributed by atoms with Crippen LogP contribution in [0.1, 0.15) is 78.9 Å². The Morgan fingerprint density at radius 3 is 2.80 bits per heavy atom. The second-order valence-corrected chi connectivity index (χ2v) is 8.39. The number of carbonyl (C=O) groups is 1. The molecule has 3 aliphatic rings. The molecular formula is C22H27NO2. The molecule has 3 nitrogen and oxygen atoms in total. The summed E-state index contributed by atoms with van der Waals surface area (Å²) in [5.74, 6) is 7.39. The van der Waals surface area contributed by atoms with Gasteiger partial charge in [0.15, 0.2) is 0 Å². The first-order valence-electron chi connectivity index (χ1n) is 9.53. The average molecular weight is 337 g/mol. The van der Waals surface area contributed by atoms with Gasteiger partial charge in [0.05, 0.1) is 11.7 Å². The molecule has 25 heavy (non-hydrogen) atoms. The van der Waals surface area contributed by atoms with Crippen molar-refractivity contribution in [1.82, 2.24) is 0 Å². The van der Waals surface area contributed by atoms with E-state index in [1.54, 1.807) is 6.92 Å². The zero-order valence-electron chi connectivity index (χ0n) is 15.1. The maximum absolute atomic E-state index is 11.8. The number of hydrogen-bond acceptors (Lipinski definition) is 2. The summed E-state index contributed by atoms with van der Waals surface area (Å²) in [5.41, 5.74) is 9.66. The van der Waals surface area contributed by atoms with Gasteiger partial charge in [-0.2, -0.15) is 0 Å². The fourth-order valence-electron chi connectivity index (χ4n) is 6.04. The van der Waals surface area contributed by atoms with E-state index < -0.39 is 5.91 Å². The number of rotatable bonds is 1. The van der Waals surface area contributed by atoms with E-state index in [-0.39, 0.29) is 11.5 Å². The Balaban J connectivity index is 1.76. The number of aryl methyl sites for hydroxylation is 1. The van der Waals surface area contributed by atoms with Gasteiger partial charge in [-0.15, -0.1) is 5.92 Å². The van der Waals surface area contributed by atoms with E-state index in [0.29, 0.717) is 23.3 Å². The molecular weight excluding hydrogens is 310 g/mol. The first-order chi connectivity index (χ1) is 12.0. The van der Waals surface area contributed by atoms with Crippen LogP contribution in [-0.4, -0.2) is 17.1 Å². The van der Waals surface area contributed by atoms with E-state index in [4.69, 9.17) is 5.73 Å². The van der Waals surface area contributed by atoms with E-state index in [9.17, 15) is 9.90 Å². The Morgan fingerprint density at radius 2 is 2.08 bits per heavy atom. The van der Waals surface area contributed by atoms with Crippen molar-refractivity contribution in [3.8, 4) is 11.8 Å². The summed E-state index contributed by atoms with van der Waals surface area (Å²) >= 11 is 0. The lowest BCUT2D eigenvalue weighted by Crippen LogP contribution is -2.44. The summed E-state index contributed by atoms with van der Waals surface area (Å²) in [7, 11) is 0. The molecule has 1 aromatic carbocycles. The van der Waals surface area contributed by atoms with Crippen LogP contribution in [0.3, 0.4) is 0 Å². The molecule has 0 aromatic heterocycles. The van der Waals surface area contributed by atoms with E-state index in [0.717, 1.165) is 44.1 Å². The van der Waals surface area contributed by atoms with Crippen molar-refractivity contribution in [2.24, 2.45) is 23.0 Å². The van der Waals surface area contributed by atoms with Crippen LogP contribution in [0.2, 0.25) is 0 Å². The molecule has 0 spiro atoms. The molecule has 132 valence electrons. The lowest BCUT2D eigenvalue weighted by molar-refractivity contribution is -0.0226. The minimum Gasteiger partial charge on any atom is -0.393 e. The maximum Gasteiger partial charge on any atom is 0.249 e. The quantitative estimate of drug-likeness (QED) is 0.772. The SMILES string of the molecule is CC#Cc1cc2c(cc1C(N)=O)CCC1C2CC[C@]2(C)C(O)CCC12. The Bertz CT molecular complexity index is 787. The number of primary amides is 1. The monoisotopic (exact) mass is 337 g/mol. The number of aliphatic hydroxyl groups is 1. The third kappa shape index (κ3) is 2.42. The van der Waals surface area contributed by atoms with Crippen molar-refractivity contribution in [3.63, 3.8) is 0 Å². The number of benzene rings is 1. The van der Waals surface area contributed by atoms with Crippen LogP contribution in [0.4, 0.5) is 0 Å². The molecule has 3 N–H and O–H groups in total. The molecule has 0 bridgehead atoms. The predicted molar refractivity (Wildman–Crippen MR) is 98.1 cm³/mol. The summed E-state index contributed by atoms with van der Waals surface area (Å²) in [4.78, 5) is 11.8. The van der Waals surface area contributed by atoms with Gasteiger partial charge < -0.3 is 10.8 Å². The molecule has 0 heterocycles. The van der Waals surface area contributed by atoms with E-state index in [2.05, 4.69) is 24.8 Å². The van der Waals surface area contributed by atoms with E-state index >= 15 is 0 Å². The van der Waals surface area contributed by atoms with Gasteiger partial charge in [0.1, 0.15) is 0 Å². The van der Waals surface area contributed by atoms with Gasteiger partial charge in [-0.05, 0) is 91.9 Å². The first-order valence-corrected chi connectivity index (χ1v) is 9.53. The van der Waals surface area contributed by atoms with Crippen molar-refractivity contribution in [2.75, 3.05) is 0 Å². The summed E-state index contributed by atoms with van der Waals surface area (Å²) in [6.07, 6.45) is 6.32. The highest BCUT2D eigenvalue weighted by atomic mass is 16.3. The van der Waals surface area contributed by atoms with Crippen LogP contribution >= 0.6 is 0 Å². The Kier molecular flexibility index (Phi) is 3.92. The van der Waals surface area contributed by atoms with Crippen molar-refractivity contribution in [1.29, 1.82) is 0 Å². The average Bonchev–Trinajstić information content (AvgIpc) is 2.89. The van der Waals surface area contributed by atoms with E-state index in [1.807, 2.05) is 6.07 Å². The highest BCUT2D eigenvalue weighted by Crippen LogP contribution is 2.60. The number of amides is 1. The van der Waals surface area contributed by atoms with Crippen LogP contribution in [0.5, 0.6) is 0 Å². The molecule has 2 fully saturated rings. The van der Waals surface area contributed by atoms with Gasteiger partial charge in [0, 0.05) is 5.56 Å². The van der Waals surface area contributed by atoms with Crippen LogP contribution < -0.4 is 5.73 Å². The topological polar surface area (TPSA) is 63.3 Å². The molecule has 3 heteroatoms. The van der Waals surface area contributed by atoms with Crippen LogP contribution in [0.15, 0.2) is 12.1 Å². The van der Waals surface area contributed by atoms with Gasteiger partial charge in [-0.25, -0.2) is 0 Å². The molecule has 1 amide bonds. The summed E-state index contributed by atoms with van der Waals surface area (Å²) < 4.78 is 0. The molecule has 4 unspecified atom stereocenters. The second-order valence-electron chi connectivity index (χ2n) is 8.39. The standard InChI is InChI=1S/C22H27NO2/c1-3-4-13-11-17-14(12-18(13)21(23)25)5-6-16-15(17)9-10-22(2)19(16)7-8-20(22)24/h11-12,15-16,19-20,24H,5-10H2,1-2H3,(H2,23,25)/t15?,16?,19?,20?,22-/m0/s1. The van der Waals surface area contributed by atoms with Gasteiger partial charge >= 0.3 is 0 Å². The zero-order valence-corrected chi connectivity index (χ0v) is 15.1. The Hall–Kier alpha value is -1.79. The minimum atomic E-state index is -0.391. The Labute approximate surface area is 150 Å². The molecule has 5 atom stereocenters. The van der Waals surface area contributed by atoms with Gasteiger partial charge in [-0.3, -0.25) is 4.79 Å². The molecule has 4 rings (SSSR count). The fraction of sp³-hybridized carbons (Fsp3) is 0.591. The number of hydrogen-bond donors (Lipinski definition) is 2. The smallest absolute Gasteiger partial charge is 0.249 e. The van der Waals surface area contributed by atoms with Crippen molar-refractivity contribution in [3.05, 3.63) is 34.4 Å². The van der Waals surface area contributed by atoms with Gasteiger partial charge in [0.2, 0.25) is 5.91 Å². The van der Waals surface area contributed by atoms with Crippen molar-refractivity contribution >= 4 is 5.91 Å². The normalized spacial score (nSPS) is 35.8. The predicted octanol–water partition coefficient (Wildman–Crippen LogP) is 3.37. The molecule has 0 aliphatic heterocycles. The number of nitrogens with two attached hydrogens (primary N) is 1. The number of aliphatic hydroxyl groups excluding tert-OH is 1. The number of fused-ring (bicyclic) bond motifs is 5. The highest BCUT2D eigenvalue weighted by Gasteiger charge is 2.54. The van der Waals surface area contributed by atoms with Crippen molar-refractivity contribution in [2.45, 2.75) is 64.4 Å². The molecule has 2 saturated carbocycles. The summed E-state index contributed by atoms with van der Waals surface area (Å²) in [6, 6.07) is 4.13. The molecule has 3 aliphatic carbocycles. The lowest BCUT2D eigenvalue weighted by atomic mass is 9.55. The lowest BCUT2D eigenvalue weighted by Gasteiger charge is -2.50. The minimum absolute atomic E-state index is 0.0951.